The molecule has 0 aliphatic carbocycles. The third-order valence-corrected chi connectivity index (χ3v) is 5.23. The number of rotatable bonds is 8. The number of benzene rings is 3. The van der Waals surface area contributed by atoms with Crippen molar-refractivity contribution >= 4 is 34.8 Å². The van der Waals surface area contributed by atoms with Crippen LogP contribution >= 0.6 is 11.6 Å². The van der Waals surface area contributed by atoms with Gasteiger partial charge in [0.2, 0.25) is 5.91 Å². The summed E-state index contributed by atoms with van der Waals surface area (Å²) in [6.07, 6.45) is 0.327. The third-order valence-electron chi connectivity index (χ3n) is 4.93. The van der Waals surface area contributed by atoms with Crippen LogP contribution in [0.1, 0.15) is 17.2 Å². The Hall–Kier alpha value is -3.51. The fourth-order valence-corrected chi connectivity index (χ4v) is 3.38. The van der Waals surface area contributed by atoms with E-state index in [0.717, 1.165) is 16.8 Å². The predicted molar refractivity (Wildman–Crippen MR) is 128 cm³/mol. The van der Waals surface area contributed by atoms with Gasteiger partial charge >= 0.3 is 0 Å². The number of likely N-dealkylation sites (N-methyl/N-ethyl adjacent to an activating group) is 1. The number of methoxy groups -OCH3 is 1. The third kappa shape index (κ3) is 6.02. The van der Waals surface area contributed by atoms with Gasteiger partial charge in [0.15, 0.2) is 0 Å². The summed E-state index contributed by atoms with van der Waals surface area (Å²) >= 11 is 6.19. The van der Waals surface area contributed by atoms with E-state index in [0.29, 0.717) is 22.9 Å². The normalized spacial score (nSPS) is 11.4. The molecule has 1 atom stereocenters. The molecule has 3 aromatic rings. The first-order valence-corrected chi connectivity index (χ1v) is 10.5. The number of hydrogen-bond acceptors (Lipinski definition) is 4. The fraction of sp³-hybridized carbons (Fsp3) is 0.200. The lowest BCUT2D eigenvalue weighted by atomic mass is 10.0. The first kappa shape index (κ1) is 23.2. The lowest BCUT2D eigenvalue weighted by Gasteiger charge is -2.20. The van der Waals surface area contributed by atoms with Crippen molar-refractivity contribution < 1.29 is 14.3 Å². The van der Waals surface area contributed by atoms with Gasteiger partial charge in [-0.25, -0.2) is 0 Å². The van der Waals surface area contributed by atoms with Crippen molar-refractivity contribution in [1.82, 2.24) is 4.90 Å². The Morgan fingerprint density at radius 1 is 0.969 bits per heavy atom. The van der Waals surface area contributed by atoms with E-state index in [2.05, 4.69) is 10.6 Å². The van der Waals surface area contributed by atoms with Gasteiger partial charge in [-0.2, -0.15) is 0 Å². The van der Waals surface area contributed by atoms with Crippen LogP contribution in [0, 0.1) is 0 Å². The minimum atomic E-state index is -0.633. The number of anilines is 2. The lowest BCUT2D eigenvalue weighted by Crippen LogP contribution is -2.27. The van der Waals surface area contributed by atoms with Crippen LogP contribution in [0.2, 0.25) is 5.02 Å². The molecule has 0 fully saturated rings. The molecule has 0 heterocycles. The molecule has 0 aliphatic rings. The van der Waals surface area contributed by atoms with E-state index in [1.165, 1.54) is 7.11 Å². The molecule has 0 saturated carbocycles. The van der Waals surface area contributed by atoms with Gasteiger partial charge in [0.1, 0.15) is 11.8 Å². The Morgan fingerprint density at radius 3 is 2.22 bits per heavy atom. The summed E-state index contributed by atoms with van der Waals surface area (Å²) in [5.41, 5.74) is 3.06. The number of nitrogens with one attached hydrogen (secondary N) is 2. The zero-order valence-corrected chi connectivity index (χ0v) is 19.0. The fourth-order valence-electron chi connectivity index (χ4n) is 3.12. The van der Waals surface area contributed by atoms with Gasteiger partial charge in [-0.1, -0.05) is 54.1 Å². The molecule has 0 radical (unpaired) electrons. The summed E-state index contributed by atoms with van der Waals surface area (Å²) in [4.78, 5) is 26.7. The Balaban J connectivity index is 1.78. The number of carbonyl (C=O) groups is 2. The van der Waals surface area contributed by atoms with Crippen molar-refractivity contribution in [3.05, 3.63) is 88.9 Å². The highest BCUT2D eigenvalue weighted by Crippen LogP contribution is 2.28. The van der Waals surface area contributed by atoms with E-state index in [9.17, 15) is 9.59 Å². The van der Waals surface area contributed by atoms with Gasteiger partial charge in [-0.3, -0.25) is 9.59 Å². The van der Waals surface area contributed by atoms with E-state index in [4.69, 9.17) is 16.3 Å². The standard InChI is InChI=1S/C25H26ClN3O3/c1-29(2)23(30)15-17-9-11-19(12-10-17)27-24(18-7-5-4-6-8-18)25(31)28-20-13-14-22(32-3)21(26)16-20/h4-14,16,24,27H,15H2,1-3H3,(H,28,31). The predicted octanol–water partition coefficient (Wildman–Crippen LogP) is 4.77. The molecule has 0 bridgehead atoms. The molecule has 2 amide bonds. The molecule has 7 heteroatoms. The van der Waals surface area contributed by atoms with Crippen molar-refractivity contribution in [3.63, 3.8) is 0 Å². The molecule has 0 aliphatic heterocycles. The maximum Gasteiger partial charge on any atom is 0.251 e. The second kappa shape index (κ2) is 10.7. The first-order valence-electron chi connectivity index (χ1n) is 10.1. The van der Waals surface area contributed by atoms with E-state index in [-0.39, 0.29) is 11.8 Å². The van der Waals surface area contributed by atoms with Gasteiger partial charge in [0.05, 0.1) is 18.6 Å². The largest absolute Gasteiger partial charge is 0.495 e. The first-order chi connectivity index (χ1) is 15.4. The maximum atomic E-state index is 13.2. The zero-order valence-electron chi connectivity index (χ0n) is 18.3. The van der Waals surface area contributed by atoms with Crippen LogP contribution < -0.4 is 15.4 Å². The molecule has 166 valence electrons. The molecule has 1 unspecified atom stereocenters. The molecule has 6 nitrogen and oxygen atoms in total. The highest BCUT2D eigenvalue weighted by atomic mass is 35.5. The van der Waals surface area contributed by atoms with Gasteiger partial charge in [0.25, 0.3) is 5.91 Å². The average molecular weight is 452 g/mol. The van der Waals surface area contributed by atoms with E-state index < -0.39 is 6.04 Å². The van der Waals surface area contributed by atoms with Crippen molar-refractivity contribution in [1.29, 1.82) is 0 Å². The summed E-state index contributed by atoms with van der Waals surface area (Å²) in [7, 11) is 5.01. The van der Waals surface area contributed by atoms with Crippen LogP contribution in [0.3, 0.4) is 0 Å². The van der Waals surface area contributed by atoms with Gasteiger partial charge in [-0.05, 0) is 41.5 Å². The zero-order chi connectivity index (χ0) is 23.1. The van der Waals surface area contributed by atoms with Gasteiger partial charge < -0.3 is 20.3 Å². The molecule has 0 spiro atoms. The SMILES string of the molecule is COc1ccc(NC(=O)C(Nc2ccc(CC(=O)N(C)C)cc2)c2ccccc2)cc1Cl. The van der Waals surface area contributed by atoms with Crippen molar-refractivity contribution in [2.75, 3.05) is 31.8 Å². The number of nitrogens with zero attached hydrogens (tertiary/aromatic N) is 1. The summed E-state index contributed by atoms with van der Waals surface area (Å²) < 4.78 is 5.17. The molecule has 2 N–H and O–H groups in total. The van der Waals surface area contributed by atoms with Crippen molar-refractivity contribution in [2.45, 2.75) is 12.5 Å². The molecule has 3 rings (SSSR count). The van der Waals surface area contributed by atoms with Crippen LogP contribution in [0.25, 0.3) is 0 Å². The summed E-state index contributed by atoms with van der Waals surface area (Å²) in [6.45, 7) is 0. The summed E-state index contributed by atoms with van der Waals surface area (Å²) in [6, 6.07) is 21.4. The molecule has 0 aromatic heterocycles. The Morgan fingerprint density at radius 2 is 1.62 bits per heavy atom. The second-order valence-electron chi connectivity index (χ2n) is 7.49. The Kier molecular flexibility index (Phi) is 7.73. The number of carbonyl (C=O) groups excluding carboxylic acids is 2. The van der Waals surface area contributed by atoms with Gasteiger partial charge in [0, 0.05) is 25.5 Å². The molecular weight excluding hydrogens is 426 g/mol. The van der Waals surface area contributed by atoms with E-state index in [1.54, 1.807) is 37.2 Å². The average Bonchev–Trinajstić information content (AvgIpc) is 2.79. The quantitative estimate of drug-likeness (QED) is 0.517. The summed E-state index contributed by atoms with van der Waals surface area (Å²) in [5, 5.41) is 6.62. The molecular formula is C25H26ClN3O3. The smallest absolute Gasteiger partial charge is 0.251 e. The highest BCUT2D eigenvalue weighted by molar-refractivity contribution is 6.32. The van der Waals surface area contributed by atoms with Crippen LogP contribution in [0.5, 0.6) is 5.75 Å². The minimum Gasteiger partial charge on any atom is -0.495 e. The lowest BCUT2D eigenvalue weighted by molar-refractivity contribution is -0.128. The molecule has 3 aromatic carbocycles. The topological polar surface area (TPSA) is 70.7 Å². The number of ether oxygens (including phenoxy) is 1. The monoisotopic (exact) mass is 451 g/mol. The van der Waals surface area contributed by atoms with Crippen LogP contribution in [-0.2, 0) is 16.0 Å². The Bertz CT molecular complexity index is 1070. The summed E-state index contributed by atoms with van der Waals surface area (Å²) in [5.74, 6) is 0.338. The van der Waals surface area contributed by atoms with Crippen molar-refractivity contribution in [3.8, 4) is 5.75 Å². The van der Waals surface area contributed by atoms with Gasteiger partial charge in [-0.15, -0.1) is 0 Å². The highest BCUT2D eigenvalue weighted by Gasteiger charge is 2.21. The van der Waals surface area contributed by atoms with E-state index in [1.807, 2.05) is 54.6 Å². The maximum absolute atomic E-state index is 13.2. The Labute approximate surface area is 193 Å². The number of halogens is 1. The van der Waals surface area contributed by atoms with E-state index >= 15 is 0 Å². The van der Waals surface area contributed by atoms with Crippen LogP contribution in [-0.4, -0.2) is 37.9 Å². The van der Waals surface area contributed by atoms with Crippen molar-refractivity contribution in [2.24, 2.45) is 0 Å². The number of hydrogen-bond donors (Lipinski definition) is 2. The number of amides is 2. The minimum absolute atomic E-state index is 0.0328. The second-order valence-corrected chi connectivity index (χ2v) is 7.90. The van der Waals surface area contributed by atoms with Crippen LogP contribution in [0.15, 0.2) is 72.8 Å². The molecule has 32 heavy (non-hydrogen) atoms. The van der Waals surface area contributed by atoms with Crippen LogP contribution in [0.4, 0.5) is 11.4 Å². The molecule has 0 saturated heterocycles.